The van der Waals surface area contributed by atoms with Crippen molar-refractivity contribution >= 4 is 11.9 Å². The van der Waals surface area contributed by atoms with Gasteiger partial charge >= 0.3 is 0 Å². The van der Waals surface area contributed by atoms with Gasteiger partial charge in [-0.3, -0.25) is 10.2 Å². The Bertz CT molecular complexity index is 180. The molecule has 6 heteroatoms. The Hall–Kier alpha value is -1.30. The third-order valence-electron chi connectivity index (χ3n) is 1.24. The van der Waals surface area contributed by atoms with Crippen molar-refractivity contribution < 1.29 is 4.79 Å². The maximum Gasteiger partial charge on any atom is 0.241 e. The Balaban J connectivity index is 3.83. The molecule has 0 fully saturated rings. The van der Waals surface area contributed by atoms with Crippen LogP contribution in [-0.2, 0) is 4.79 Å². The van der Waals surface area contributed by atoms with Crippen molar-refractivity contribution in [1.29, 1.82) is 0 Å². The van der Waals surface area contributed by atoms with E-state index in [4.69, 9.17) is 5.84 Å². The lowest BCUT2D eigenvalue weighted by Gasteiger charge is -2.05. The molecular formula is C7H17N5O. The number of hydrogen-bond donors (Lipinski definition) is 4. The van der Waals surface area contributed by atoms with Crippen LogP contribution in [0.5, 0.6) is 0 Å². The van der Waals surface area contributed by atoms with Gasteiger partial charge in [-0.1, -0.05) is 0 Å². The summed E-state index contributed by atoms with van der Waals surface area (Å²) >= 11 is 0. The van der Waals surface area contributed by atoms with Crippen LogP contribution in [0.3, 0.4) is 0 Å². The van der Waals surface area contributed by atoms with Gasteiger partial charge in [0.05, 0.1) is 0 Å². The number of guanidine groups is 1. The van der Waals surface area contributed by atoms with Crippen LogP contribution in [0.15, 0.2) is 4.99 Å². The summed E-state index contributed by atoms with van der Waals surface area (Å²) in [5.41, 5.74) is 2.36. The summed E-state index contributed by atoms with van der Waals surface area (Å²) in [6, 6.07) is 0. The zero-order valence-corrected chi connectivity index (χ0v) is 8.05. The monoisotopic (exact) mass is 187 g/mol. The topological polar surface area (TPSA) is 91.5 Å². The van der Waals surface area contributed by atoms with Gasteiger partial charge in [0.15, 0.2) is 0 Å². The summed E-state index contributed by atoms with van der Waals surface area (Å²) in [6.45, 7) is 5.17. The standard InChI is InChI=1S/C7H17N5O/c1-3-9-6(13)5-11-7(12-8)10-4-2/h3-5,8H2,1-2H3,(H,9,13)(H2,10,11,12). The smallest absolute Gasteiger partial charge is 0.241 e. The highest BCUT2D eigenvalue weighted by atomic mass is 16.1. The second-order valence-corrected chi connectivity index (χ2v) is 2.29. The lowest BCUT2D eigenvalue weighted by Crippen LogP contribution is -2.42. The molecule has 0 saturated heterocycles. The molecule has 0 aliphatic heterocycles. The molecule has 1 amide bonds. The number of carbonyl (C=O) groups is 1. The number of likely N-dealkylation sites (N-methyl/N-ethyl adjacent to an activating group) is 1. The summed E-state index contributed by atoms with van der Waals surface area (Å²) in [5.74, 6) is 5.45. The Morgan fingerprint density at radius 1 is 1.31 bits per heavy atom. The van der Waals surface area contributed by atoms with Gasteiger partial charge in [-0.25, -0.2) is 10.8 Å². The summed E-state index contributed by atoms with van der Waals surface area (Å²) in [6.07, 6.45) is 0. The average Bonchev–Trinajstić information content (AvgIpc) is 2.12. The molecular weight excluding hydrogens is 170 g/mol. The number of hydrazine groups is 1. The Labute approximate surface area is 77.9 Å². The fraction of sp³-hybridized carbons (Fsp3) is 0.714. The highest BCUT2D eigenvalue weighted by molar-refractivity contribution is 5.84. The number of amides is 1. The summed E-state index contributed by atoms with van der Waals surface area (Å²) in [7, 11) is 0. The summed E-state index contributed by atoms with van der Waals surface area (Å²) in [5, 5.41) is 5.49. The third kappa shape index (κ3) is 5.92. The lowest BCUT2D eigenvalue weighted by atomic mass is 10.5. The Morgan fingerprint density at radius 2 is 1.92 bits per heavy atom. The highest BCUT2D eigenvalue weighted by Crippen LogP contribution is 1.72. The molecule has 0 spiro atoms. The van der Waals surface area contributed by atoms with E-state index in [2.05, 4.69) is 21.1 Å². The summed E-state index contributed by atoms with van der Waals surface area (Å²) in [4.78, 5) is 14.9. The maximum atomic E-state index is 11.0. The van der Waals surface area contributed by atoms with Gasteiger partial charge in [-0.2, -0.15) is 0 Å². The summed E-state index contributed by atoms with van der Waals surface area (Å²) < 4.78 is 0. The fourth-order valence-corrected chi connectivity index (χ4v) is 0.724. The number of aliphatic imine (C=N–C) groups is 1. The quantitative estimate of drug-likeness (QED) is 0.187. The molecule has 0 unspecified atom stereocenters. The van der Waals surface area contributed by atoms with Crippen LogP contribution in [0, 0.1) is 0 Å². The molecule has 6 nitrogen and oxygen atoms in total. The normalized spacial score (nSPS) is 10.8. The van der Waals surface area contributed by atoms with Crippen LogP contribution in [-0.4, -0.2) is 31.5 Å². The van der Waals surface area contributed by atoms with E-state index in [0.29, 0.717) is 19.0 Å². The second kappa shape index (κ2) is 7.35. The molecule has 0 aliphatic rings. The minimum Gasteiger partial charge on any atom is -0.356 e. The molecule has 13 heavy (non-hydrogen) atoms. The lowest BCUT2D eigenvalue weighted by molar-refractivity contribution is -0.119. The van der Waals surface area contributed by atoms with E-state index >= 15 is 0 Å². The first kappa shape index (κ1) is 11.7. The second-order valence-electron chi connectivity index (χ2n) is 2.29. The van der Waals surface area contributed by atoms with E-state index in [9.17, 15) is 4.79 Å². The van der Waals surface area contributed by atoms with Gasteiger partial charge in [-0.15, -0.1) is 0 Å². The van der Waals surface area contributed by atoms with Crippen LogP contribution in [0.4, 0.5) is 0 Å². The van der Waals surface area contributed by atoms with Gasteiger partial charge in [-0.05, 0) is 13.8 Å². The van der Waals surface area contributed by atoms with Gasteiger partial charge in [0.25, 0.3) is 0 Å². The van der Waals surface area contributed by atoms with Crippen molar-refractivity contribution in [2.45, 2.75) is 13.8 Å². The van der Waals surface area contributed by atoms with Crippen molar-refractivity contribution in [1.82, 2.24) is 16.1 Å². The maximum absolute atomic E-state index is 11.0. The van der Waals surface area contributed by atoms with Crippen LogP contribution in [0.2, 0.25) is 0 Å². The van der Waals surface area contributed by atoms with E-state index in [0.717, 1.165) is 0 Å². The molecule has 0 heterocycles. The van der Waals surface area contributed by atoms with Crippen molar-refractivity contribution in [2.24, 2.45) is 10.8 Å². The first-order valence-corrected chi connectivity index (χ1v) is 4.26. The van der Waals surface area contributed by atoms with Crippen LogP contribution >= 0.6 is 0 Å². The first-order valence-electron chi connectivity index (χ1n) is 4.26. The Morgan fingerprint density at radius 3 is 2.38 bits per heavy atom. The molecule has 5 N–H and O–H groups in total. The van der Waals surface area contributed by atoms with Crippen molar-refractivity contribution in [3.05, 3.63) is 0 Å². The zero-order chi connectivity index (χ0) is 10.1. The number of rotatable bonds is 4. The number of carbonyl (C=O) groups excluding carboxylic acids is 1. The number of nitrogens with one attached hydrogen (secondary N) is 3. The van der Waals surface area contributed by atoms with Crippen LogP contribution in [0.25, 0.3) is 0 Å². The SMILES string of the molecule is CCNC(=O)CN=C(NN)NCC. The van der Waals surface area contributed by atoms with E-state index in [1.54, 1.807) is 0 Å². The molecule has 0 radical (unpaired) electrons. The van der Waals surface area contributed by atoms with Gasteiger partial charge in [0, 0.05) is 13.1 Å². The predicted molar refractivity (Wildman–Crippen MR) is 52.0 cm³/mol. The van der Waals surface area contributed by atoms with Crippen molar-refractivity contribution in [3.63, 3.8) is 0 Å². The van der Waals surface area contributed by atoms with E-state index in [-0.39, 0.29) is 12.5 Å². The number of nitrogens with two attached hydrogens (primary N) is 1. The van der Waals surface area contributed by atoms with Crippen molar-refractivity contribution in [3.8, 4) is 0 Å². The minimum absolute atomic E-state index is 0.0837. The number of nitrogens with zero attached hydrogens (tertiary/aromatic N) is 1. The molecule has 0 aromatic heterocycles. The van der Waals surface area contributed by atoms with E-state index < -0.39 is 0 Å². The average molecular weight is 187 g/mol. The molecule has 0 rings (SSSR count). The molecule has 76 valence electrons. The zero-order valence-electron chi connectivity index (χ0n) is 8.05. The van der Waals surface area contributed by atoms with E-state index in [1.807, 2.05) is 13.8 Å². The molecule has 0 saturated carbocycles. The van der Waals surface area contributed by atoms with Crippen LogP contribution < -0.4 is 21.9 Å². The largest absolute Gasteiger partial charge is 0.356 e. The molecule has 0 atom stereocenters. The third-order valence-corrected chi connectivity index (χ3v) is 1.24. The van der Waals surface area contributed by atoms with E-state index in [1.165, 1.54) is 0 Å². The first-order chi connectivity index (χ1) is 6.24. The highest BCUT2D eigenvalue weighted by Gasteiger charge is 1.98. The van der Waals surface area contributed by atoms with Crippen molar-refractivity contribution in [2.75, 3.05) is 19.6 Å². The van der Waals surface area contributed by atoms with Crippen LogP contribution in [0.1, 0.15) is 13.8 Å². The van der Waals surface area contributed by atoms with Gasteiger partial charge in [0.2, 0.25) is 11.9 Å². The predicted octanol–water partition coefficient (Wildman–Crippen LogP) is -1.45. The molecule has 0 aromatic rings. The minimum atomic E-state index is -0.117. The fourth-order valence-electron chi connectivity index (χ4n) is 0.724. The molecule has 0 bridgehead atoms. The van der Waals surface area contributed by atoms with Gasteiger partial charge in [0.1, 0.15) is 6.54 Å². The molecule has 0 aromatic carbocycles. The number of hydrogen-bond acceptors (Lipinski definition) is 3. The van der Waals surface area contributed by atoms with Gasteiger partial charge < -0.3 is 10.6 Å². The molecule has 0 aliphatic carbocycles. The Kier molecular flexibility index (Phi) is 6.62.